The number of amides is 1. The number of nitrogens with one attached hydrogen (secondary N) is 1. The van der Waals surface area contributed by atoms with Crippen LogP contribution in [0.5, 0.6) is 0 Å². The summed E-state index contributed by atoms with van der Waals surface area (Å²) in [6.45, 7) is 2.49. The van der Waals surface area contributed by atoms with Gasteiger partial charge in [-0.3, -0.25) is 9.69 Å². The van der Waals surface area contributed by atoms with Gasteiger partial charge in [0.15, 0.2) is 29.6 Å². The lowest BCUT2D eigenvalue weighted by molar-refractivity contribution is -0.253. The third kappa shape index (κ3) is 8.08. The van der Waals surface area contributed by atoms with Gasteiger partial charge in [0.1, 0.15) is 5.56 Å². The monoisotopic (exact) mass is 716 g/mol. The summed E-state index contributed by atoms with van der Waals surface area (Å²) in [5.74, 6) is -12.6. The Balaban J connectivity index is 1.21. The second kappa shape index (κ2) is 16.2. The number of aliphatic hydroxyl groups excluding tert-OH is 1. The van der Waals surface area contributed by atoms with Gasteiger partial charge in [-0.1, -0.05) is 91.0 Å². The lowest BCUT2D eigenvalue weighted by Crippen LogP contribution is -2.38. The van der Waals surface area contributed by atoms with Crippen LogP contribution in [0.15, 0.2) is 103 Å². The fourth-order valence-electron chi connectivity index (χ4n) is 6.30. The highest BCUT2D eigenvalue weighted by molar-refractivity contribution is 5.94. The van der Waals surface area contributed by atoms with Gasteiger partial charge in [-0.05, 0) is 59.5 Å². The van der Waals surface area contributed by atoms with Gasteiger partial charge in [0, 0.05) is 31.1 Å². The lowest BCUT2D eigenvalue weighted by atomic mass is 9.98. The summed E-state index contributed by atoms with van der Waals surface area (Å²) in [6, 6.07) is 32.6. The van der Waals surface area contributed by atoms with E-state index in [2.05, 4.69) is 36.3 Å². The Morgan fingerprint density at radius 2 is 1.40 bits per heavy atom. The molecule has 4 atom stereocenters. The van der Waals surface area contributed by atoms with Crippen LogP contribution in [0.3, 0.4) is 0 Å². The molecule has 11 heteroatoms. The lowest BCUT2D eigenvalue weighted by Gasteiger charge is -2.39. The molecule has 270 valence electrons. The van der Waals surface area contributed by atoms with Crippen molar-refractivity contribution in [1.29, 1.82) is 0 Å². The SMILES string of the molecule is CC(c1ccccc1)N(C)CC1CC(c2ccc(CO)cc2)OC(c2cccc(-c3cccc(CNC(=O)c4c(F)c(F)c(F)c(F)c4F)c3)c2)O1. The molecule has 1 saturated heterocycles. The maximum Gasteiger partial charge on any atom is 0.257 e. The van der Waals surface area contributed by atoms with Gasteiger partial charge in [-0.15, -0.1) is 0 Å². The van der Waals surface area contributed by atoms with Crippen molar-refractivity contribution >= 4 is 5.91 Å². The number of hydrogen-bond acceptors (Lipinski definition) is 5. The van der Waals surface area contributed by atoms with E-state index in [1.54, 1.807) is 18.2 Å². The van der Waals surface area contributed by atoms with E-state index in [-0.39, 0.29) is 31.4 Å². The molecule has 0 radical (unpaired) electrons. The zero-order valence-electron chi connectivity index (χ0n) is 28.5. The third-order valence-electron chi connectivity index (χ3n) is 9.36. The van der Waals surface area contributed by atoms with Crippen molar-refractivity contribution in [3.63, 3.8) is 0 Å². The number of benzene rings is 5. The van der Waals surface area contributed by atoms with Crippen molar-refractivity contribution in [2.24, 2.45) is 0 Å². The molecule has 0 saturated carbocycles. The van der Waals surface area contributed by atoms with Gasteiger partial charge in [0.25, 0.3) is 5.91 Å². The standard InChI is InChI=1S/C41H37F5N2O4/c1-24(27-9-4-3-5-10-27)48(2)22-32-20-33(28-16-14-25(23-49)15-17-28)52-41(51-32)31-13-7-12-30(19-31)29-11-6-8-26(18-29)21-47-40(50)34-35(42)37(44)39(46)38(45)36(34)43/h3-19,24,32-33,41,49H,20-23H2,1-2H3,(H,47,50). The van der Waals surface area contributed by atoms with E-state index >= 15 is 0 Å². The number of halogens is 5. The predicted octanol–water partition coefficient (Wildman–Crippen LogP) is 8.71. The van der Waals surface area contributed by atoms with Crippen LogP contribution in [0, 0.1) is 29.1 Å². The fourth-order valence-corrected chi connectivity index (χ4v) is 6.30. The minimum Gasteiger partial charge on any atom is -0.392 e. The molecule has 5 aromatic rings. The minimum absolute atomic E-state index is 0.0615. The average Bonchev–Trinajstić information content (AvgIpc) is 3.18. The number of nitrogens with zero attached hydrogens (tertiary/aromatic N) is 1. The summed E-state index contributed by atoms with van der Waals surface area (Å²) in [7, 11) is 2.07. The van der Waals surface area contributed by atoms with Crippen molar-refractivity contribution in [3.8, 4) is 11.1 Å². The minimum atomic E-state index is -2.33. The summed E-state index contributed by atoms with van der Waals surface area (Å²) >= 11 is 0. The maximum absolute atomic E-state index is 14.2. The Kier molecular flexibility index (Phi) is 11.5. The second-order valence-electron chi connectivity index (χ2n) is 12.8. The molecule has 1 aliphatic heterocycles. The summed E-state index contributed by atoms with van der Waals surface area (Å²) in [6.07, 6.45) is -0.583. The Bertz CT molecular complexity index is 2000. The molecular weight excluding hydrogens is 679 g/mol. The van der Waals surface area contributed by atoms with Crippen LogP contribution in [0.1, 0.15) is 70.0 Å². The van der Waals surface area contributed by atoms with Crippen LogP contribution in [0.4, 0.5) is 22.0 Å². The zero-order chi connectivity index (χ0) is 36.9. The quantitative estimate of drug-likeness (QED) is 0.0814. The molecular formula is C41H37F5N2O4. The molecule has 52 heavy (non-hydrogen) atoms. The molecule has 6 nitrogen and oxygen atoms in total. The topological polar surface area (TPSA) is 71.0 Å². The molecule has 4 unspecified atom stereocenters. The molecule has 1 aliphatic rings. The van der Waals surface area contributed by atoms with Gasteiger partial charge in [0.05, 0.1) is 18.8 Å². The summed E-state index contributed by atoms with van der Waals surface area (Å²) < 4.78 is 82.3. The molecule has 0 aromatic heterocycles. The number of aliphatic hydroxyl groups is 1. The van der Waals surface area contributed by atoms with Crippen molar-refractivity contribution in [1.82, 2.24) is 10.2 Å². The first-order valence-corrected chi connectivity index (χ1v) is 16.8. The largest absolute Gasteiger partial charge is 0.392 e. The number of carbonyl (C=O) groups is 1. The molecule has 1 amide bonds. The Morgan fingerprint density at radius 3 is 2.08 bits per heavy atom. The number of hydrogen-bond donors (Lipinski definition) is 2. The van der Waals surface area contributed by atoms with E-state index in [0.717, 1.165) is 27.8 Å². The molecule has 2 N–H and O–H groups in total. The van der Waals surface area contributed by atoms with Crippen LogP contribution in [-0.2, 0) is 22.6 Å². The number of likely N-dealkylation sites (N-methyl/N-ethyl adjacent to an activating group) is 1. The van der Waals surface area contributed by atoms with E-state index in [1.807, 2.05) is 72.8 Å². The summed E-state index contributed by atoms with van der Waals surface area (Å²) in [5.41, 5.74) is 4.23. The summed E-state index contributed by atoms with van der Waals surface area (Å²) in [4.78, 5) is 14.8. The number of carbonyl (C=O) groups excluding carboxylic acids is 1. The van der Waals surface area contributed by atoms with Crippen LogP contribution in [0.2, 0.25) is 0 Å². The van der Waals surface area contributed by atoms with Gasteiger partial charge in [-0.25, -0.2) is 22.0 Å². The van der Waals surface area contributed by atoms with E-state index in [1.165, 1.54) is 5.56 Å². The molecule has 6 rings (SSSR count). The van der Waals surface area contributed by atoms with Crippen LogP contribution in [-0.4, -0.2) is 35.6 Å². The van der Waals surface area contributed by atoms with Crippen LogP contribution >= 0.6 is 0 Å². The molecule has 1 heterocycles. The second-order valence-corrected chi connectivity index (χ2v) is 12.8. The van der Waals surface area contributed by atoms with Crippen molar-refractivity contribution < 1.29 is 41.3 Å². The molecule has 0 aliphatic carbocycles. The summed E-state index contributed by atoms with van der Waals surface area (Å²) in [5, 5.41) is 11.8. The van der Waals surface area contributed by atoms with Crippen LogP contribution < -0.4 is 5.32 Å². The van der Waals surface area contributed by atoms with Gasteiger partial charge < -0.3 is 19.9 Å². The Hall–Kier alpha value is -4.94. The fraction of sp³-hybridized carbons (Fsp3) is 0.244. The Morgan fingerprint density at radius 1 is 0.769 bits per heavy atom. The number of ether oxygens (including phenoxy) is 2. The molecule has 0 spiro atoms. The third-order valence-corrected chi connectivity index (χ3v) is 9.36. The van der Waals surface area contributed by atoms with Crippen molar-refractivity contribution in [2.75, 3.05) is 13.6 Å². The highest BCUT2D eigenvalue weighted by Crippen LogP contribution is 2.39. The smallest absolute Gasteiger partial charge is 0.257 e. The van der Waals surface area contributed by atoms with Gasteiger partial charge in [-0.2, -0.15) is 0 Å². The van der Waals surface area contributed by atoms with Crippen molar-refractivity contribution in [3.05, 3.63) is 166 Å². The first-order valence-electron chi connectivity index (χ1n) is 16.8. The maximum atomic E-state index is 14.2. The molecule has 5 aromatic carbocycles. The average molecular weight is 717 g/mol. The zero-order valence-corrected chi connectivity index (χ0v) is 28.5. The van der Waals surface area contributed by atoms with Gasteiger partial charge >= 0.3 is 0 Å². The van der Waals surface area contributed by atoms with E-state index in [4.69, 9.17) is 9.47 Å². The van der Waals surface area contributed by atoms with Gasteiger partial charge in [0.2, 0.25) is 5.82 Å². The van der Waals surface area contributed by atoms with Crippen molar-refractivity contribution in [2.45, 2.75) is 51.0 Å². The van der Waals surface area contributed by atoms with Crippen LogP contribution in [0.25, 0.3) is 11.1 Å². The highest BCUT2D eigenvalue weighted by atomic mass is 19.2. The number of rotatable bonds is 11. The molecule has 1 fully saturated rings. The van der Waals surface area contributed by atoms with E-state index in [9.17, 15) is 31.9 Å². The molecule has 0 bridgehead atoms. The Labute approximate surface area is 298 Å². The first kappa shape index (κ1) is 36.8. The first-order chi connectivity index (χ1) is 25.0. The van der Waals surface area contributed by atoms with E-state index in [0.29, 0.717) is 18.5 Å². The normalized spacial score (nSPS) is 18.0. The highest BCUT2D eigenvalue weighted by Gasteiger charge is 2.34. The predicted molar refractivity (Wildman–Crippen MR) is 185 cm³/mol. The van der Waals surface area contributed by atoms with E-state index < -0.39 is 46.8 Å².